The van der Waals surface area contributed by atoms with E-state index in [2.05, 4.69) is 0 Å². The largest absolute Gasteiger partial charge is 0.497 e. The maximum atomic E-state index is 6.00. The van der Waals surface area contributed by atoms with Crippen molar-refractivity contribution < 1.29 is 14.2 Å². The summed E-state index contributed by atoms with van der Waals surface area (Å²) in [7, 11) is 3.34. The van der Waals surface area contributed by atoms with Gasteiger partial charge in [0.1, 0.15) is 23.4 Å². The Balaban J connectivity index is 2.16. The first-order valence-corrected chi connectivity index (χ1v) is 6.97. The molecule has 2 aromatic carbocycles. The Kier molecular flexibility index (Phi) is 3.71. The average molecular weight is 285 g/mol. The predicted molar refractivity (Wildman–Crippen MR) is 82.2 cm³/mol. The number of benzene rings is 2. The highest BCUT2D eigenvalue weighted by Gasteiger charge is 2.27. The van der Waals surface area contributed by atoms with Crippen molar-refractivity contribution in [2.75, 3.05) is 20.8 Å². The van der Waals surface area contributed by atoms with E-state index in [1.54, 1.807) is 14.2 Å². The summed E-state index contributed by atoms with van der Waals surface area (Å²) in [4.78, 5) is 0. The molecular weight excluding hydrogens is 266 g/mol. The summed E-state index contributed by atoms with van der Waals surface area (Å²) in [5, 5.41) is 0. The Hall–Kier alpha value is -2.20. The minimum atomic E-state index is 0.0283. The van der Waals surface area contributed by atoms with Crippen LogP contribution < -0.4 is 19.9 Å². The Morgan fingerprint density at radius 2 is 1.95 bits per heavy atom. The molecular formula is C17H19NO3. The first-order chi connectivity index (χ1) is 10.3. The SMILES string of the molecule is COc1cc2c(c(-c3ccccc3OC)c1)O[C@H](CN)C2. The van der Waals surface area contributed by atoms with Gasteiger partial charge >= 0.3 is 0 Å². The van der Waals surface area contributed by atoms with E-state index in [9.17, 15) is 0 Å². The van der Waals surface area contributed by atoms with Crippen LogP contribution >= 0.6 is 0 Å². The zero-order chi connectivity index (χ0) is 14.8. The van der Waals surface area contributed by atoms with Crippen LogP contribution in [0.2, 0.25) is 0 Å². The minimum Gasteiger partial charge on any atom is -0.497 e. The van der Waals surface area contributed by atoms with Crippen LogP contribution in [0.15, 0.2) is 36.4 Å². The lowest BCUT2D eigenvalue weighted by molar-refractivity contribution is 0.242. The molecule has 1 heterocycles. The Morgan fingerprint density at radius 3 is 2.67 bits per heavy atom. The van der Waals surface area contributed by atoms with Crippen molar-refractivity contribution in [3.05, 3.63) is 42.0 Å². The van der Waals surface area contributed by atoms with Gasteiger partial charge < -0.3 is 19.9 Å². The summed E-state index contributed by atoms with van der Waals surface area (Å²) >= 11 is 0. The molecule has 0 saturated heterocycles. The van der Waals surface area contributed by atoms with E-state index in [1.165, 1.54) is 0 Å². The van der Waals surface area contributed by atoms with Gasteiger partial charge in [0.05, 0.1) is 14.2 Å². The monoisotopic (exact) mass is 285 g/mol. The van der Waals surface area contributed by atoms with Gasteiger partial charge in [-0.1, -0.05) is 18.2 Å². The Morgan fingerprint density at radius 1 is 1.14 bits per heavy atom. The van der Waals surface area contributed by atoms with E-state index in [0.29, 0.717) is 6.54 Å². The van der Waals surface area contributed by atoms with Crippen molar-refractivity contribution in [3.63, 3.8) is 0 Å². The van der Waals surface area contributed by atoms with Crippen LogP contribution in [0.4, 0.5) is 0 Å². The first kappa shape index (κ1) is 13.8. The zero-order valence-corrected chi connectivity index (χ0v) is 12.3. The Bertz CT molecular complexity index is 654. The fourth-order valence-electron chi connectivity index (χ4n) is 2.72. The topological polar surface area (TPSA) is 53.7 Å². The maximum Gasteiger partial charge on any atom is 0.131 e. The molecule has 21 heavy (non-hydrogen) atoms. The molecule has 1 aliphatic heterocycles. The molecule has 0 bridgehead atoms. The third kappa shape index (κ3) is 2.43. The summed E-state index contributed by atoms with van der Waals surface area (Å²) in [5.41, 5.74) is 8.86. The summed E-state index contributed by atoms with van der Waals surface area (Å²) in [6, 6.07) is 11.9. The van der Waals surface area contributed by atoms with E-state index in [0.717, 1.165) is 40.4 Å². The number of hydrogen-bond donors (Lipinski definition) is 1. The van der Waals surface area contributed by atoms with Gasteiger partial charge in [-0.15, -0.1) is 0 Å². The molecule has 1 atom stereocenters. The number of nitrogens with two attached hydrogens (primary N) is 1. The number of ether oxygens (including phenoxy) is 3. The minimum absolute atomic E-state index is 0.0283. The van der Waals surface area contributed by atoms with Gasteiger partial charge in [0.2, 0.25) is 0 Å². The van der Waals surface area contributed by atoms with Crippen molar-refractivity contribution in [1.82, 2.24) is 0 Å². The average Bonchev–Trinajstić information content (AvgIpc) is 2.96. The second-order valence-electron chi connectivity index (χ2n) is 5.04. The van der Waals surface area contributed by atoms with Gasteiger partial charge in [0, 0.05) is 29.7 Å². The highest BCUT2D eigenvalue weighted by molar-refractivity contribution is 5.79. The van der Waals surface area contributed by atoms with Crippen molar-refractivity contribution in [3.8, 4) is 28.4 Å². The predicted octanol–water partition coefficient (Wildman–Crippen LogP) is 2.63. The molecule has 0 saturated carbocycles. The van der Waals surface area contributed by atoms with Crippen LogP contribution in [0.1, 0.15) is 5.56 Å². The third-order valence-electron chi connectivity index (χ3n) is 3.77. The standard InChI is InChI=1S/C17H19NO3/c1-19-12-7-11-8-13(10-18)21-17(11)15(9-12)14-5-3-4-6-16(14)20-2/h3-7,9,13H,8,10,18H2,1-2H3/t13-/m0/s1. The smallest absolute Gasteiger partial charge is 0.131 e. The maximum absolute atomic E-state index is 6.00. The number of hydrogen-bond acceptors (Lipinski definition) is 4. The van der Waals surface area contributed by atoms with Crippen LogP contribution in [-0.4, -0.2) is 26.9 Å². The highest BCUT2D eigenvalue weighted by atomic mass is 16.5. The number of para-hydroxylation sites is 1. The summed E-state index contributed by atoms with van der Waals surface area (Å²) in [6.07, 6.45) is 0.839. The third-order valence-corrected chi connectivity index (χ3v) is 3.77. The molecule has 2 aromatic rings. The fourth-order valence-corrected chi connectivity index (χ4v) is 2.72. The first-order valence-electron chi connectivity index (χ1n) is 6.97. The normalized spacial score (nSPS) is 16.2. The lowest BCUT2D eigenvalue weighted by Gasteiger charge is -2.14. The number of fused-ring (bicyclic) bond motifs is 1. The molecule has 1 aliphatic rings. The van der Waals surface area contributed by atoms with E-state index < -0.39 is 0 Å². The van der Waals surface area contributed by atoms with E-state index in [4.69, 9.17) is 19.9 Å². The van der Waals surface area contributed by atoms with E-state index >= 15 is 0 Å². The molecule has 3 rings (SSSR count). The molecule has 0 fully saturated rings. The van der Waals surface area contributed by atoms with Crippen LogP contribution in [0.3, 0.4) is 0 Å². The number of methoxy groups -OCH3 is 2. The summed E-state index contributed by atoms with van der Waals surface area (Å²) in [6.45, 7) is 0.502. The second kappa shape index (κ2) is 5.66. The molecule has 0 aliphatic carbocycles. The molecule has 0 unspecified atom stereocenters. The summed E-state index contributed by atoms with van der Waals surface area (Å²) in [5.74, 6) is 2.51. The van der Waals surface area contributed by atoms with Gasteiger partial charge in [-0.05, 0) is 18.2 Å². The van der Waals surface area contributed by atoms with Crippen LogP contribution in [0, 0.1) is 0 Å². The van der Waals surface area contributed by atoms with Crippen molar-refractivity contribution >= 4 is 0 Å². The summed E-state index contributed by atoms with van der Waals surface area (Å²) < 4.78 is 16.9. The fraction of sp³-hybridized carbons (Fsp3) is 0.294. The molecule has 0 aromatic heterocycles. The quantitative estimate of drug-likeness (QED) is 0.938. The zero-order valence-electron chi connectivity index (χ0n) is 12.3. The van der Waals surface area contributed by atoms with Crippen molar-refractivity contribution in [2.24, 2.45) is 5.73 Å². The van der Waals surface area contributed by atoms with Gasteiger partial charge in [-0.2, -0.15) is 0 Å². The highest BCUT2D eigenvalue weighted by Crippen LogP contribution is 2.44. The van der Waals surface area contributed by atoms with Crippen LogP contribution in [-0.2, 0) is 6.42 Å². The van der Waals surface area contributed by atoms with Crippen molar-refractivity contribution in [2.45, 2.75) is 12.5 Å². The Labute approximate surface area is 124 Å². The molecule has 0 spiro atoms. The van der Waals surface area contributed by atoms with Gasteiger partial charge in [0.15, 0.2) is 0 Å². The molecule has 0 radical (unpaired) electrons. The van der Waals surface area contributed by atoms with Gasteiger partial charge in [-0.25, -0.2) is 0 Å². The van der Waals surface area contributed by atoms with Crippen LogP contribution in [0.5, 0.6) is 17.2 Å². The van der Waals surface area contributed by atoms with E-state index in [1.807, 2.05) is 36.4 Å². The molecule has 4 heteroatoms. The van der Waals surface area contributed by atoms with Gasteiger partial charge in [-0.3, -0.25) is 0 Å². The second-order valence-corrected chi connectivity index (χ2v) is 5.04. The number of rotatable bonds is 4. The molecule has 2 N–H and O–H groups in total. The lowest BCUT2D eigenvalue weighted by Crippen LogP contribution is -2.24. The molecule has 0 amide bonds. The lowest BCUT2D eigenvalue weighted by atomic mass is 9.99. The van der Waals surface area contributed by atoms with E-state index in [-0.39, 0.29) is 6.10 Å². The van der Waals surface area contributed by atoms with Crippen LogP contribution in [0.25, 0.3) is 11.1 Å². The van der Waals surface area contributed by atoms with Gasteiger partial charge in [0.25, 0.3) is 0 Å². The molecule has 4 nitrogen and oxygen atoms in total. The van der Waals surface area contributed by atoms with Crippen molar-refractivity contribution in [1.29, 1.82) is 0 Å². The molecule has 110 valence electrons.